The Morgan fingerprint density at radius 1 is 0.720 bits per heavy atom. The number of nitrogens with one attached hydrogen (secondary N) is 2. The summed E-state index contributed by atoms with van der Waals surface area (Å²) in [5.41, 5.74) is 0. The molecule has 20 nitrogen and oxygen atoms in total. The molecule has 2 bridgehead atoms. The Morgan fingerprint density at radius 2 is 1.31 bits per heavy atom. The van der Waals surface area contributed by atoms with Gasteiger partial charge in [0, 0.05) is 50.6 Å². The molecule has 3 aliphatic heterocycles. The van der Waals surface area contributed by atoms with Gasteiger partial charge in [0.2, 0.25) is 0 Å². The molecule has 13 N–H and O–H groups in total. The minimum Gasteiger partial charge on any atom is -0.481 e. The summed E-state index contributed by atoms with van der Waals surface area (Å²) in [5, 5.41) is 127. The largest absolute Gasteiger partial charge is 0.481 e. The summed E-state index contributed by atoms with van der Waals surface area (Å²) in [7, 11) is 0. The topological polar surface area (TPSA) is 321 Å². The average Bonchev–Trinajstić information content (AvgIpc) is 3.33. The van der Waals surface area contributed by atoms with Crippen molar-refractivity contribution in [2.45, 2.75) is 190 Å². The molecule has 0 spiro atoms. The van der Waals surface area contributed by atoms with Gasteiger partial charge < -0.3 is 90.7 Å². The summed E-state index contributed by atoms with van der Waals surface area (Å²) in [6, 6.07) is -1.08. The van der Waals surface area contributed by atoms with Crippen LogP contribution < -0.4 is 10.6 Å². The molecule has 0 saturated carbocycles. The number of carboxylic acids is 1. The van der Waals surface area contributed by atoms with Crippen molar-refractivity contribution in [1.82, 2.24) is 15.5 Å². The van der Waals surface area contributed by atoms with Crippen LogP contribution in [-0.4, -0.2) is 202 Å². The van der Waals surface area contributed by atoms with Crippen molar-refractivity contribution in [1.29, 1.82) is 0 Å². The third-order valence-electron chi connectivity index (χ3n) is 13.9. The highest BCUT2D eigenvalue weighted by Gasteiger charge is 2.51. The van der Waals surface area contributed by atoms with E-state index in [4.69, 9.17) is 31.2 Å². The second-order valence-corrected chi connectivity index (χ2v) is 20.4. The molecule has 426 valence electrons. The number of hydrogen-bond acceptors (Lipinski definition) is 18. The Morgan fingerprint density at radius 3 is 1.89 bits per heavy atom. The van der Waals surface area contributed by atoms with Gasteiger partial charge >= 0.3 is 11.9 Å². The fraction of sp³-hybridized carbons (Fsp3) is 0.685. The van der Waals surface area contributed by atoms with Crippen LogP contribution in [-0.2, 0) is 28.5 Å². The number of likely N-dealkylation sites (N-methyl/N-ethyl adjacent to an activating group) is 1. The van der Waals surface area contributed by atoms with E-state index in [1.165, 1.54) is 6.08 Å². The molecule has 0 aromatic carbocycles. The number of ether oxygens (including phenoxy) is 4. The van der Waals surface area contributed by atoms with Gasteiger partial charge in [-0.15, -0.1) is 0 Å². The smallest absolute Gasteiger partial charge is 0.311 e. The minimum atomic E-state index is -2.35. The molecular formula is C54H87N3O17S. The first-order valence-electron chi connectivity index (χ1n) is 26.2. The lowest BCUT2D eigenvalue weighted by Crippen LogP contribution is -2.65. The lowest BCUT2D eigenvalue weighted by atomic mass is 9.82. The number of fused-ring (bicyclic) bond motifs is 2. The highest BCUT2D eigenvalue weighted by Crippen LogP contribution is 2.38. The first-order chi connectivity index (χ1) is 35.5. The predicted octanol–water partition coefficient (Wildman–Crippen LogP) is 1.56. The number of carbonyl (C=O) groups is 2. The number of carbonyl (C=O) groups excluding carboxylic acids is 1. The van der Waals surface area contributed by atoms with E-state index in [-0.39, 0.29) is 36.7 Å². The molecule has 19 atom stereocenters. The third kappa shape index (κ3) is 23.0. The predicted molar refractivity (Wildman–Crippen MR) is 284 cm³/mol. The fourth-order valence-corrected chi connectivity index (χ4v) is 9.41. The quantitative estimate of drug-likeness (QED) is 0.115. The normalized spacial score (nSPS) is 40.9. The Hall–Kier alpha value is -3.75. The zero-order chi connectivity index (χ0) is 55.8. The van der Waals surface area contributed by atoms with E-state index in [0.717, 1.165) is 13.1 Å². The standard InChI is InChI=1S/C54H87N3O17S/c1-7-57(8-2)26-25-55-53(75)56-47-49(66)36(6)72-52(50(47)67)73-40-22-20-18-16-14-12-10-9-11-13-15-17-19-21-33(3)48(65)34(4)35(5)71-45(64)29-38(59)27-37(58)23-24-41(61)42(62)28-39(60)31-54(70)32-43(63)46(51(68)69)44(30-40)74-54/h9-22,33-44,46-50,52,58-63,65-67,70H,7-8,23-32H2,1-6H3,(H,68,69)(H2,55,56,75)/b10-9+,13-11+,14-12+,17-15+,18-16+,21-19+,22-20+/t33-,34-,35-,36-,37+,38+,39-,40-,41+,42+,43-,44-,46+,47-,48+,49+,50-,52-,54+/m0/s1. The van der Waals surface area contributed by atoms with Crippen molar-refractivity contribution >= 4 is 29.3 Å². The Kier molecular flexibility index (Phi) is 29.3. The van der Waals surface area contributed by atoms with E-state index in [2.05, 4.69) is 15.5 Å². The van der Waals surface area contributed by atoms with Crippen LogP contribution in [0, 0.1) is 17.8 Å². The summed E-state index contributed by atoms with van der Waals surface area (Å²) in [5.74, 6) is -6.90. The maximum atomic E-state index is 12.7. The van der Waals surface area contributed by atoms with Crippen LogP contribution in [0.3, 0.4) is 0 Å². The molecule has 3 heterocycles. The number of nitrogens with zero attached hydrogens (tertiary/aromatic N) is 1. The summed E-state index contributed by atoms with van der Waals surface area (Å²) in [4.78, 5) is 27.6. The van der Waals surface area contributed by atoms with Crippen molar-refractivity contribution < 1.29 is 84.7 Å². The van der Waals surface area contributed by atoms with Gasteiger partial charge in [0.15, 0.2) is 17.2 Å². The Labute approximate surface area is 447 Å². The van der Waals surface area contributed by atoms with Gasteiger partial charge in [-0.05, 0) is 58.4 Å². The van der Waals surface area contributed by atoms with Crippen molar-refractivity contribution in [3.05, 3.63) is 85.1 Å². The Bertz CT molecular complexity index is 1930. The Balaban J connectivity index is 1.91. The number of thiocarbonyl (C=S) groups is 1. The van der Waals surface area contributed by atoms with E-state index >= 15 is 0 Å². The second-order valence-electron chi connectivity index (χ2n) is 19.9. The highest BCUT2D eigenvalue weighted by molar-refractivity contribution is 7.80. The highest BCUT2D eigenvalue weighted by atomic mass is 32.1. The van der Waals surface area contributed by atoms with Crippen LogP contribution in [0.25, 0.3) is 0 Å². The summed E-state index contributed by atoms with van der Waals surface area (Å²) in [6.07, 6.45) is 3.19. The molecule has 0 aromatic heterocycles. The van der Waals surface area contributed by atoms with Gasteiger partial charge in [-0.25, -0.2) is 0 Å². The van der Waals surface area contributed by atoms with Crippen LogP contribution in [0.5, 0.6) is 0 Å². The van der Waals surface area contributed by atoms with Crippen LogP contribution in [0.1, 0.15) is 92.9 Å². The van der Waals surface area contributed by atoms with Crippen molar-refractivity contribution in [3.63, 3.8) is 0 Å². The van der Waals surface area contributed by atoms with E-state index in [9.17, 15) is 65.8 Å². The molecule has 0 aromatic rings. The zero-order valence-corrected chi connectivity index (χ0v) is 45.0. The van der Waals surface area contributed by atoms with E-state index < -0.39 is 147 Å². The number of aliphatic hydroxyl groups is 10. The first-order valence-corrected chi connectivity index (χ1v) is 26.6. The van der Waals surface area contributed by atoms with Gasteiger partial charge in [0.05, 0.1) is 73.5 Å². The molecule has 2 saturated heterocycles. The van der Waals surface area contributed by atoms with E-state index in [0.29, 0.717) is 13.1 Å². The maximum Gasteiger partial charge on any atom is 0.311 e. The van der Waals surface area contributed by atoms with Crippen molar-refractivity contribution in [2.24, 2.45) is 17.8 Å². The van der Waals surface area contributed by atoms with Gasteiger partial charge in [0.25, 0.3) is 0 Å². The van der Waals surface area contributed by atoms with Crippen LogP contribution >= 0.6 is 12.2 Å². The summed E-state index contributed by atoms with van der Waals surface area (Å²) in [6.45, 7) is 13.8. The summed E-state index contributed by atoms with van der Waals surface area (Å²) >= 11 is 5.50. The van der Waals surface area contributed by atoms with Crippen molar-refractivity contribution in [2.75, 3.05) is 26.2 Å². The average molecular weight is 1080 g/mol. The lowest BCUT2D eigenvalue weighted by Gasteiger charge is -2.45. The monoisotopic (exact) mass is 1080 g/mol. The maximum absolute atomic E-state index is 12.7. The number of aliphatic hydroxyl groups excluding tert-OH is 9. The SMILES string of the molecule is CCN(CC)CCNC(=S)N[C@@H]1[C@H](O)[C@H](O[C@H]2/C=C/C=C/C=C/C=C/C=C/C=C/C=C/[C@H](C)[C@@H](O)[C@@H](C)[C@H](C)OC(=O)C[C@H](O)C[C@H](O)CC[C@@H](O)[C@H](O)C[C@H](O)C[C@]3(O)C[C@H](O)[C@@H](C(=O)O)[C@H](C2)O3)O[C@@H](C)[C@H]1O. The lowest BCUT2D eigenvalue weighted by molar-refractivity contribution is -0.309. The van der Waals surface area contributed by atoms with Gasteiger partial charge in [0.1, 0.15) is 24.2 Å². The summed E-state index contributed by atoms with van der Waals surface area (Å²) < 4.78 is 23.8. The molecule has 0 amide bonds. The van der Waals surface area contributed by atoms with E-state index in [1.807, 2.05) is 45.1 Å². The minimum absolute atomic E-state index is 0.114. The van der Waals surface area contributed by atoms with Crippen LogP contribution in [0.4, 0.5) is 0 Å². The molecule has 0 aliphatic carbocycles. The third-order valence-corrected chi connectivity index (χ3v) is 14.1. The molecule has 0 unspecified atom stereocenters. The molecule has 2 fully saturated rings. The van der Waals surface area contributed by atoms with Crippen molar-refractivity contribution in [3.8, 4) is 0 Å². The number of rotatable bonds is 9. The van der Waals surface area contributed by atoms with Gasteiger partial charge in [-0.2, -0.15) is 0 Å². The number of hydrogen-bond donors (Lipinski definition) is 13. The van der Waals surface area contributed by atoms with Crippen LogP contribution in [0.15, 0.2) is 85.1 Å². The first kappa shape index (κ1) is 65.5. The zero-order valence-electron chi connectivity index (χ0n) is 44.2. The van der Waals surface area contributed by atoms with E-state index in [1.54, 1.807) is 75.5 Å². The molecule has 21 heteroatoms. The number of esters is 1. The van der Waals surface area contributed by atoms with Crippen LogP contribution in [0.2, 0.25) is 0 Å². The number of carboxylic acid groups (broad SMARTS) is 1. The number of aliphatic carboxylic acids is 1. The molecule has 0 radical (unpaired) electrons. The van der Waals surface area contributed by atoms with Gasteiger partial charge in [-0.3, -0.25) is 9.59 Å². The molecular weight excluding hydrogens is 995 g/mol. The van der Waals surface area contributed by atoms with Gasteiger partial charge in [-0.1, -0.05) is 113 Å². The second kappa shape index (κ2) is 33.5. The fourth-order valence-electron chi connectivity index (χ4n) is 9.18. The molecule has 75 heavy (non-hydrogen) atoms. The molecule has 3 aliphatic rings. The number of allylic oxidation sites excluding steroid dienone is 12. The number of cyclic esters (lactones) is 1. The molecule has 3 rings (SSSR count).